The van der Waals surface area contributed by atoms with Crippen molar-refractivity contribution >= 4 is 38.9 Å². The second kappa shape index (κ2) is 16.8. The van der Waals surface area contributed by atoms with Gasteiger partial charge in [0.2, 0.25) is 0 Å². The van der Waals surface area contributed by atoms with Gasteiger partial charge in [0.05, 0.1) is 22.2 Å². The SMILES string of the molecule is C1=C/C(c2ccc(-c3cccc4c3C3(c5ccccc5C5(c6ccccc6-c6ccccc65)c5ccccc53)c3ccc5c(oc6ccccc65)c3-4)cc2)=C\C(c2ccc(-c3ccccc3)cc2)=NC(c2ccccc2)=C1. The topological polar surface area (TPSA) is 25.5 Å². The van der Waals surface area contributed by atoms with Crippen LogP contribution < -0.4 is 0 Å². The summed E-state index contributed by atoms with van der Waals surface area (Å²) in [5, 5.41) is 2.26. The van der Waals surface area contributed by atoms with Crippen molar-refractivity contribution in [2.75, 3.05) is 0 Å². The van der Waals surface area contributed by atoms with Gasteiger partial charge >= 0.3 is 0 Å². The molecule has 0 bridgehead atoms. The Labute approximate surface area is 447 Å². The zero-order chi connectivity index (χ0) is 50.7. The van der Waals surface area contributed by atoms with Crippen LogP contribution in [0.3, 0.4) is 0 Å². The summed E-state index contributed by atoms with van der Waals surface area (Å²) >= 11 is 0. The first-order valence-corrected chi connectivity index (χ1v) is 26.7. The molecule has 1 aromatic heterocycles. The van der Waals surface area contributed by atoms with Crippen LogP contribution in [0.25, 0.3) is 77.7 Å². The van der Waals surface area contributed by atoms with Crippen LogP contribution in [0.5, 0.6) is 0 Å². The first-order chi connectivity index (χ1) is 38.2. The van der Waals surface area contributed by atoms with Gasteiger partial charge in [-0.1, -0.05) is 267 Å². The summed E-state index contributed by atoms with van der Waals surface area (Å²) in [5.74, 6) is 0. The number of fused-ring (bicyclic) bond motifs is 20. The standard InChI is InChI=1S/C75H47NO/c1-3-19-48(20-4-1)49-39-43-53(44-40-49)69-47-54(23-17-35-68(76-69)52-21-5-2-6-22-52)50-37-41-51(42-38-50)55-27-18-28-60-71-67(46-45-59-58-26-9-16-36-70(58)77-73(59)71)75(72(55)60)65-33-14-12-31-63(65)74(64-32-13-15-34-66(64)75)61-29-10-7-24-56(61)57-25-8-11-30-62(57)74/h1-47H/b23-17?,35-17?,54-23?,54-47+,68-35?,69-47?,76-68?,76-69?. The lowest BCUT2D eigenvalue weighted by atomic mass is 9.52. The van der Waals surface area contributed by atoms with Crippen molar-refractivity contribution in [2.24, 2.45) is 4.99 Å². The highest BCUT2D eigenvalue weighted by molar-refractivity contribution is 6.16. The average molecular weight is 978 g/mol. The number of hydrogen-bond acceptors (Lipinski definition) is 2. The Kier molecular flexibility index (Phi) is 9.50. The average Bonchev–Trinajstić information content (AvgIpc) is 4.26. The Morgan fingerprint density at radius 1 is 0.325 bits per heavy atom. The minimum Gasteiger partial charge on any atom is -0.455 e. The highest BCUT2D eigenvalue weighted by atomic mass is 16.3. The lowest BCUT2D eigenvalue weighted by Crippen LogP contribution is -2.44. The molecule has 358 valence electrons. The molecule has 0 fully saturated rings. The van der Waals surface area contributed by atoms with Crippen LogP contribution in [0.15, 0.2) is 295 Å². The molecule has 0 amide bonds. The third kappa shape index (κ3) is 6.15. The van der Waals surface area contributed by atoms with E-state index < -0.39 is 10.8 Å². The maximum absolute atomic E-state index is 7.07. The number of nitrogens with zero attached hydrogens (tertiary/aromatic N) is 1. The minimum absolute atomic E-state index is 0.545. The molecule has 4 aliphatic rings. The smallest absolute Gasteiger partial charge is 0.143 e. The van der Waals surface area contributed by atoms with Gasteiger partial charge in [0.15, 0.2) is 0 Å². The quantitative estimate of drug-likeness (QED) is 0.169. The molecule has 16 rings (SSSR count). The summed E-state index contributed by atoms with van der Waals surface area (Å²) in [5.41, 5.74) is 26.7. The van der Waals surface area contributed by atoms with Crippen molar-refractivity contribution in [3.8, 4) is 44.5 Å². The molecular weight excluding hydrogens is 931 g/mol. The minimum atomic E-state index is -0.715. The van der Waals surface area contributed by atoms with Gasteiger partial charge in [0.1, 0.15) is 11.2 Å². The Morgan fingerprint density at radius 2 is 0.831 bits per heavy atom. The lowest BCUT2D eigenvalue weighted by molar-refractivity contribution is 0.632. The molecule has 0 unspecified atom stereocenters. The molecule has 77 heavy (non-hydrogen) atoms. The van der Waals surface area contributed by atoms with E-state index in [4.69, 9.17) is 9.41 Å². The van der Waals surface area contributed by atoms with Crippen molar-refractivity contribution in [1.29, 1.82) is 0 Å². The van der Waals surface area contributed by atoms with E-state index in [-0.39, 0.29) is 0 Å². The Hall–Kier alpha value is -9.89. The second-order valence-electron chi connectivity index (χ2n) is 20.8. The zero-order valence-electron chi connectivity index (χ0n) is 42.0. The van der Waals surface area contributed by atoms with E-state index in [9.17, 15) is 0 Å². The van der Waals surface area contributed by atoms with Crippen LogP contribution in [-0.4, -0.2) is 5.71 Å². The molecular formula is C75H47NO. The van der Waals surface area contributed by atoms with Gasteiger partial charge in [-0.3, -0.25) is 0 Å². The van der Waals surface area contributed by atoms with E-state index in [2.05, 4.69) is 285 Å². The molecule has 2 heterocycles. The predicted molar refractivity (Wildman–Crippen MR) is 317 cm³/mol. The maximum atomic E-state index is 7.07. The fraction of sp³-hybridized carbons (Fsp3) is 0.0267. The van der Waals surface area contributed by atoms with Gasteiger partial charge in [-0.25, -0.2) is 4.99 Å². The van der Waals surface area contributed by atoms with Crippen LogP contribution in [0.2, 0.25) is 0 Å². The number of furan rings is 1. The van der Waals surface area contributed by atoms with Crippen molar-refractivity contribution in [3.63, 3.8) is 0 Å². The van der Waals surface area contributed by atoms with E-state index in [1.165, 1.54) is 77.9 Å². The number of rotatable bonds is 5. The molecule has 1 aliphatic heterocycles. The summed E-state index contributed by atoms with van der Waals surface area (Å²) in [4.78, 5) is 5.39. The number of para-hydroxylation sites is 1. The van der Waals surface area contributed by atoms with E-state index in [1.54, 1.807) is 0 Å². The van der Waals surface area contributed by atoms with Gasteiger partial charge in [-0.15, -0.1) is 0 Å². The van der Waals surface area contributed by atoms with Crippen LogP contribution in [0.4, 0.5) is 0 Å². The van der Waals surface area contributed by atoms with Crippen LogP contribution >= 0.6 is 0 Å². The molecule has 0 N–H and O–H groups in total. The van der Waals surface area contributed by atoms with E-state index in [0.29, 0.717) is 0 Å². The molecule has 11 aromatic carbocycles. The fourth-order valence-corrected chi connectivity index (χ4v) is 13.9. The number of allylic oxidation sites excluding steroid dienone is 5. The van der Waals surface area contributed by atoms with E-state index in [1.807, 2.05) is 0 Å². The summed E-state index contributed by atoms with van der Waals surface area (Å²) in [6.07, 6.45) is 8.73. The molecule has 0 saturated carbocycles. The third-order valence-corrected chi connectivity index (χ3v) is 17.0. The molecule has 2 heteroatoms. The van der Waals surface area contributed by atoms with Crippen molar-refractivity contribution in [2.45, 2.75) is 10.8 Å². The lowest BCUT2D eigenvalue weighted by Gasteiger charge is -2.49. The van der Waals surface area contributed by atoms with E-state index in [0.717, 1.165) is 66.7 Å². The number of benzene rings is 11. The normalized spacial score (nSPS) is 15.6. The Bertz CT molecular complexity index is 4430. The molecule has 2 nitrogen and oxygen atoms in total. The fourth-order valence-electron chi connectivity index (χ4n) is 13.9. The molecule has 3 aliphatic carbocycles. The van der Waals surface area contributed by atoms with Crippen molar-refractivity contribution in [3.05, 3.63) is 346 Å². The largest absolute Gasteiger partial charge is 0.455 e. The highest BCUT2D eigenvalue weighted by Gasteiger charge is 2.60. The Morgan fingerprint density at radius 3 is 1.51 bits per heavy atom. The maximum Gasteiger partial charge on any atom is 0.143 e. The molecule has 0 radical (unpaired) electrons. The van der Waals surface area contributed by atoms with Crippen LogP contribution in [-0.2, 0) is 10.8 Å². The first-order valence-electron chi connectivity index (χ1n) is 26.7. The third-order valence-electron chi connectivity index (χ3n) is 17.0. The monoisotopic (exact) mass is 977 g/mol. The van der Waals surface area contributed by atoms with Gasteiger partial charge in [0, 0.05) is 27.5 Å². The molecule has 0 saturated heterocycles. The Balaban J connectivity index is 0.906. The molecule has 0 atom stereocenters. The van der Waals surface area contributed by atoms with Gasteiger partial charge in [-0.2, -0.15) is 0 Å². The molecule has 2 spiro atoms. The van der Waals surface area contributed by atoms with Crippen molar-refractivity contribution < 1.29 is 4.42 Å². The number of hydrogen-bond donors (Lipinski definition) is 0. The van der Waals surface area contributed by atoms with Crippen LogP contribution in [0.1, 0.15) is 61.2 Å². The van der Waals surface area contributed by atoms with Gasteiger partial charge < -0.3 is 4.42 Å². The summed E-state index contributed by atoms with van der Waals surface area (Å²) in [7, 11) is 0. The number of aliphatic imine (C=N–C) groups is 1. The predicted octanol–water partition coefficient (Wildman–Crippen LogP) is 18.4. The summed E-state index contributed by atoms with van der Waals surface area (Å²) in [6, 6.07) is 96.1. The van der Waals surface area contributed by atoms with Crippen LogP contribution in [0, 0.1) is 0 Å². The summed E-state index contributed by atoms with van der Waals surface area (Å²) < 4.78 is 7.07. The second-order valence-corrected chi connectivity index (χ2v) is 20.8. The zero-order valence-corrected chi connectivity index (χ0v) is 42.0. The molecule has 12 aromatic rings. The van der Waals surface area contributed by atoms with Crippen molar-refractivity contribution in [1.82, 2.24) is 0 Å². The first kappa shape index (κ1) is 43.5. The van der Waals surface area contributed by atoms with E-state index >= 15 is 0 Å². The summed E-state index contributed by atoms with van der Waals surface area (Å²) in [6.45, 7) is 0. The van der Waals surface area contributed by atoms with Gasteiger partial charge in [0.25, 0.3) is 0 Å². The van der Waals surface area contributed by atoms with Gasteiger partial charge in [-0.05, 0) is 113 Å². The highest BCUT2D eigenvalue weighted by Crippen LogP contribution is 2.69.